The summed E-state index contributed by atoms with van der Waals surface area (Å²) in [5, 5.41) is 0. The molecule has 0 aromatic carbocycles. The molecule has 0 atom stereocenters. The molecule has 1 aromatic heterocycles. The fraction of sp³-hybridized carbons (Fsp3) is 0.455. The molecule has 1 aliphatic rings. The molecule has 2 rings (SSSR count). The lowest BCUT2D eigenvalue weighted by molar-refractivity contribution is -0.127. The Morgan fingerprint density at radius 3 is 3.00 bits per heavy atom. The van der Waals surface area contributed by atoms with E-state index in [0.29, 0.717) is 5.91 Å². The van der Waals surface area contributed by atoms with Gasteiger partial charge in [0.2, 0.25) is 5.91 Å². The summed E-state index contributed by atoms with van der Waals surface area (Å²) in [4.78, 5) is 17.5. The number of likely N-dealkylation sites (tertiary alicyclic amines) is 1. The highest BCUT2D eigenvalue weighted by Gasteiger charge is 2.19. The van der Waals surface area contributed by atoms with Gasteiger partial charge in [-0.25, -0.2) is 0 Å². The SMILES string of the molecule is O=C1CCCN1CCc1ccccn1. The monoisotopic (exact) mass is 190 g/mol. The molecule has 2 heterocycles. The van der Waals surface area contributed by atoms with E-state index in [1.807, 2.05) is 23.1 Å². The van der Waals surface area contributed by atoms with Gasteiger partial charge in [-0.2, -0.15) is 0 Å². The third kappa shape index (κ3) is 2.10. The Hall–Kier alpha value is -1.38. The van der Waals surface area contributed by atoms with Gasteiger partial charge in [-0.15, -0.1) is 0 Å². The van der Waals surface area contributed by atoms with E-state index in [-0.39, 0.29) is 0 Å². The zero-order valence-corrected chi connectivity index (χ0v) is 8.15. The van der Waals surface area contributed by atoms with Gasteiger partial charge in [0, 0.05) is 37.8 Å². The summed E-state index contributed by atoms with van der Waals surface area (Å²) >= 11 is 0. The second kappa shape index (κ2) is 4.22. The smallest absolute Gasteiger partial charge is 0.222 e. The molecule has 3 nitrogen and oxygen atoms in total. The van der Waals surface area contributed by atoms with E-state index in [9.17, 15) is 4.79 Å². The van der Waals surface area contributed by atoms with Crippen molar-refractivity contribution >= 4 is 5.91 Å². The van der Waals surface area contributed by atoms with E-state index < -0.39 is 0 Å². The lowest BCUT2D eigenvalue weighted by Crippen LogP contribution is -2.27. The number of hydrogen-bond acceptors (Lipinski definition) is 2. The number of amides is 1. The summed E-state index contributed by atoms with van der Waals surface area (Å²) < 4.78 is 0. The summed E-state index contributed by atoms with van der Waals surface area (Å²) in [7, 11) is 0. The Balaban J connectivity index is 1.85. The van der Waals surface area contributed by atoms with Crippen molar-refractivity contribution in [2.24, 2.45) is 0 Å². The van der Waals surface area contributed by atoms with Crippen molar-refractivity contribution in [3.8, 4) is 0 Å². The molecule has 0 aliphatic carbocycles. The van der Waals surface area contributed by atoms with E-state index in [2.05, 4.69) is 4.98 Å². The highest BCUT2D eigenvalue weighted by Crippen LogP contribution is 2.09. The van der Waals surface area contributed by atoms with Gasteiger partial charge in [-0.05, 0) is 18.6 Å². The lowest BCUT2D eigenvalue weighted by atomic mass is 10.2. The molecule has 74 valence electrons. The Morgan fingerprint density at radius 1 is 1.43 bits per heavy atom. The molecule has 1 fully saturated rings. The van der Waals surface area contributed by atoms with Crippen LogP contribution in [0.25, 0.3) is 0 Å². The van der Waals surface area contributed by atoms with E-state index >= 15 is 0 Å². The van der Waals surface area contributed by atoms with Crippen LogP contribution in [0.4, 0.5) is 0 Å². The van der Waals surface area contributed by atoms with Crippen molar-refractivity contribution in [2.75, 3.05) is 13.1 Å². The minimum Gasteiger partial charge on any atom is -0.342 e. The molecular formula is C11H14N2O. The number of rotatable bonds is 3. The first kappa shape index (κ1) is 9.19. The maximum atomic E-state index is 11.3. The number of carbonyl (C=O) groups is 1. The van der Waals surface area contributed by atoms with Gasteiger partial charge in [0.1, 0.15) is 0 Å². The van der Waals surface area contributed by atoms with Crippen LogP contribution in [-0.2, 0) is 11.2 Å². The number of hydrogen-bond donors (Lipinski definition) is 0. The van der Waals surface area contributed by atoms with Crippen LogP contribution in [-0.4, -0.2) is 28.9 Å². The predicted molar refractivity (Wildman–Crippen MR) is 53.8 cm³/mol. The van der Waals surface area contributed by atoms with Crippen molar-refractivity contribution in [3.05, 3.63) is 30.1 Å². The standard InChI is InChI=1S/C11H14N2O/c14-11-5-3-8-13(11)9-6-10-4-1-2-7-12-10/h1-2,4,7H,3,5-6,8-9H2. The first-order chi connectivity index (χ1) is 6.86. The number of aromatic nitrogens is 1. The fourth-order valence-corrected chi connectivity index (χ4v) is 1.74. The molecule has 0 saturated carbocycles. The highest BCUT2D eigenvalue weighted by molar-refractivity contribution is 5.78. The zero-order chi connectivity index (χ0) is 9.80. The van der Waals surface area contributed by atoms with E-state index in [0.717, 1.165) is 38.0 Å². The highest BCUT2D eigenvalue weighted by atomic mass is 16.2. The Kier molecular flexibility index (Phi) is 2.77. The van der Waals surface area contributed by atoms with E-state index in [1.54, 1.807) is 6.20 Å². The van der Waals surface area contributed by atoms with Crippen LogP contribution in [0.3, 0.4) is 0 Å². The van der Waals surface area contributed by atoms with Gasteiger partial charge in [-0.1, -0.05) is 6.07 Å². The average molecular weight is 190 g/mol. The largest absolute Gasteiger partial charge is 0.342 e. The first-order valence-electron chi connectivity index (χ1n) is 5.04. The maximum absolute atomic E-state index is 11.3. The van der Waals surface area contributed by atoms with Crippen molar-refractivity contribution in [3.63, 3.8) is 0 Å². The average Bonchev–Trinajstić information content (AvgIpc) is 2.63. The van der Waals surface area contributed by atoms with Gasteiger partial charge in [0.05, 0.1) is 0 Å². The molecule has 0 unspecified atom stereocenters. The topological polar surface area (TPSA) is 33.2 Å². The van der Waals surface area contributed by atoms with E-state index in [4.69, 9.17) is 0 Å². The van der Waals surface area contributed by atoms with Crippen LogP contribution in [0.2, 0.25) is 0 Å². The Labute approximate surface area is 83.8 Å². The normalized spacial score (nSPS) is 16.3. The predicted octanol–water partition coefficient (Wildman–Crippen LogP) is 1.25. The lowest BCUT2D eigenvalue weighted by Gasteiger charge is -2.14. The van der Waals surface area contributed by atoms with Crippen LogP contribution in [0.15, 0.2) is 24.4 Å². The van der Waals surface area contributed by atoms with Crippen LogP contribution >= 0.6 is 0 Å². The first-order valence-corrected chi connectivity index (χ1v) is 5.04. The molecule has 0 N–H and O–H groups in total. The molecule has 3 heteroatoms. The quantitative estimate of drug-likeness (QED) is 0.718. The van der Waals surface area contributed by atoms with Crippen molar-refractivity contribution in [1.82, 2.24) is 9.88 Å². The molecule has 14 heavy (non-hydrogen) atoms. The number of carbonyl (C=O) groups excluding carboxylic acids is 1. The summed E-state index contributed by atoms with van der Waals surface area (Å²) in [5.74, 6) is 0.293. The summed E-state index contributed by atoms with van der Waals surface area (Å²) in [6, 6.07) is 5.89. The molecule has 0 radical (unpaired) electrons. The van der Waals surface area contributed by atoms with Gasteiger partial charge < -0.3 is 4.90 Å². The number of nitrogens with zero attached hydrogens (tertiary/aromatic N) is 2. The van der Waals surface area contributed by atoms with Gasteiger partial charge >= 0.3 is 0 Å². The van der Waals surface area contributed by atoms with Gasteiger partial charge in [-0.3, -0.25) is 9.78 Å². The minimum atomic E-state index is 0.293. The fourth-order valence-electron chi connectivity index (χ4n) is 1.74. The molecule has 1 aliphatic heterocycles. The maximum Gasteiger partial charge on any atom is 0.222 e. The molecule has 0 bridgehead atoms. The summed E-state index contributed by atoms with van der Waals surface area (Å²) in [6.07, 6.45) is 4.40. The second-order valence-corrected chi connectivity index (χ2v) is 3.56. The van der Waals surface area contributed by atoms with Crippen LogP contribution < -0.4 is 0 Å². The molecular weight excluding hydrogens is 176 g/mol. The third-order valence-electron chi connectivity index (χ3n) is 2.54. The molecule has 0 spiro atoms. The molecule has 1 amide bonds. The van der Waals surface area contributed by atoms with Crippen LogP contribution in [0, 0.1) is 0 Å². The van der Waals surface area contributed by atoms with Crippen LogP contribution in [0.1, 0.15) is 18.5 Å². The van der Waals surface area contributed by atoms with Crippen molar-refractivity contribution in [2.45, 2.75) is 19.3 Å². The summed E-state index contributed by atoms with van der Waals surface area (Å²) in [6.45, 7) is 1.74. The second-order valence-electron chi connectivity index (χ2n) is 3.56. The Bertz CT molecular complexity index is 310. The van der Waals surface area contributed by atoms with Gasteiger partial charge in [0.25, 0.3) is 0 Å². The van der Waals surface area contributed by atoms with E-state index in [1.165, 1.54) is 0 Å². The van der Waals surface area contributed by atoms with Gasteiger partial charge in [0.15, 0.2) is 0 Å². The van der Waals surface area contributed by atoms with Crippen molar-refractivity contribution < 1.29 is 4.79 Å². The zero-order valence-electron chi connectivity index (χ0n) is 8.15. The van der Waals surface area contributed by atoms with Crippen molar-refractivity contribution in [1.29, 1.82) is 0 Å². The molecule has 1 aromatic rings. The third-order valence-corrected chi connectivity index (χ3v) is 2.54. The minimum absolute atomic E-state index is 0.293. The van der Waals surface area contributed by atoms with Crippen LogP contribution in [0.5, 0.6) is 0 Å². The Morgan fingerprint density at radius 2 is 2.36 bits per heavy atom. The number of pyridine rings is 1. The molecule has 1 saturated heterocycles. The summed E-state index contributed by atoms with van der Waals surface area (Å²) in [5.41, 5.74) is 1.06.